The van der Waals surface area contributed by atoms with Gasteiger partial charge in [-0.3, -0.25) is 14.9 Å². The van der Waals surface area contributed by atoms with E-state index in [1.165, 1.54) is 23.5 Å². The van der Waals surface area contributed by atoms with Crippen LogP contribution in [0.4, 0.5) is 11.4 Å². The molecule has 2 aromatic carbocycles. The molecule has 0 saturated heterocycles. The molecular formula is C15H9ClN2O3S. The van der Waals surface area contributed by atoms with Gasteiger partial charge in [0.15, 0.2) is 0 Å². The van der Waals surface area contributed by atoms with E-state index in [2.05, 4.69) is 5.32 Å². The number of nitro groups is 1. The van der Waals surface area contributed by atoms with Gasteiger partial charge in [0.05, 0.1) is 9.80 Å². The van der Waals surface area contributed by atoms with Gasteiger partial charge in [-0.15, -0.1) is 11.3 Å². The summed E-state index contributed by atoms with van der Waals surface area (Å²) < 4.78 is 0.826. The number of carbonyl (C=O) groups excluding carboxylic acids is 1. The monoisotopic (exact) mass is 332 g/mol. The van der Waals surface area contributed by atoms with Crippen LogP contribution in [0.25, 0.3) is 10.1 Å². The lowest BCUT2D eigenvalue weighted by Gasteiger charge is -2.02. The van der Waals surface area contributed by atoms with Crippen molar-refractivity contribution in [3.05, 3.63) is 68.5 Å². The second-order valence-electron chi connectivity index (χ2n) is 4.55. The molecule has 110 valence electrons. The highest BCUT2D eigenvalue weighted by Crippen LogP contribution is 2.29. The Labute approximate surface area is 134 Å². The van der Waals surface area contributed by atoms with E-state index in [-0.39, 0.29) is 11.6 Å². The summed E-state index contributed by atoms with van der Waals surface area (Å²) in [7, 11) is 0. The van der Waals surface area contributed by atoms with Crippen LogP contribution in [0.3, 0.4) is 0 Å². The molecule has 0 atom stereocenters. The average Bonchev–Trinajstić information content (AvgIpc) is 2.92. The SMILES string of the molecule is O=C(Nc1ccc(Cl)cc1)c1cc2cc([N+](=O)[O-])ccc2s1. The van der Waals surface area contributed by atoms with E-state index < -0.39 is 4.92 Å². The largest absolute Gasteiger partial charge is 0.321 e. The van der Waals surface area contributed by atoms with Gasteiger partial charge >= 0.3 is 0 Å². The zero-order chi connectivity index (χ0) is 15.7. The summed E-state index contributed by atoms with van der Waals surface area (Å²) in [6.45, 7) is 0. The Bertz CT molecular complexity index is 874. The fraction of sp³-hybridized carbons (Fsp3) is 0. The van der Waals surface area contributed by atoms with Gasteiger partial charge in [0.25, 0.3) is 11.6 Å². The van der Waals surface area contributed by atoms with E-state index in [1.54, 1.807) is 36.4 Å². The van der Waals surface area contributed by atoms with Crippen molar-refractivity contribution in [1.82, 2.24) is 0 Å². The normalized spacial score (nSPS) is 10.6. The van der Waals surface area contributed by atoms with Crippen molar-refractivity contribution in [2.45, 2.75) is 0 Å². The number of non-ortho nitro benzene ring substituents is 1. The highest BCUT2D eigenvalue weighted by atomic mass is 35.5. The van der Waals surface area contributed by atoms with Gasteiger partial charge in [-0.1, -0.05) is 11.6 Å². The highest BCUT2D eigenvalue weighted by molar-refractivity contribution is 7.20. The first-order valence-corrected chi connectivity index (χ1v) is 7.47. The van der Waals surface area contributed by atoms with E-state index in [1.807, 2.05) is 0 Å². The van der Waals surface area contributed by atoms with E-state index in [4.69, 9.17) is 11.6 Å². The van der Waals surface area contributed by atoms with Gasteiger partial charge in [0, 0.05) is 32.9 Å². The Hall–Kier alpha value is -2.44. The van der Waals surface area contributed by atoms with Gasteiger partial charge in [0.2, 0.25) is 0 Å². The highest BCUT2D eigenvalue weighted by Gasteiger charge is 2.13. The van der Waals surface area contributed by atoms with Crippen LogP contribution >= 0.6 is 22.9 Å². The van der Waals surface area contributed by atoms with Gasteiger partial charge in [0.1, 0.15) is 0 Å². The first-order chi connectivity index (χ1) is 10.5. The predicted molar refractivity (Wildman–Crippen MR) is 87.9 cm³/mol. The quantitative estimate of drug-likeness (QED) is 0.557. The summed E-state index contributed by atoms with van der Waals surface area (Å²) in [6, 6.07) is 13.0. The lowest BCUT2D eigenvalue weighted by molar-refractivity contribution is -0.384. The molecule has 0 aliphatic carbocycles. The molecule has 0 saturated carbocycles. The minimum absolute atomic E-state index is 0.00922. The maximum absolute atomic E-state index is 12.2. The second kappa shape index (κ2) is 5.75. The third kappa shape index (κ3) is 2.93. The van der Waals surface area contributed by atoms with Gasteiger partial charge in [-0.25, -0.2) is 0 Å². The number of halogens is 1. The lowest BCUT2D eigenvalue weighted by Crippen LogP contribution is -2.09. The summed E-state index contributed by atoms with van der Waals surface area (Å²) >= 11 is 7.08. The molecule has 0 radical (unpaired) electrons. The number of rotatable bonds is 3. The van der Waals surface area contributed by atoms with Crippen molar-refractivity contribution in [2.75, 3.05) is 5.32 Å². The number of amides is 1. The minimum Gasteiger partial charge on any atom is -0.321 e. The summed E-state index contributed by atoms with van der Waals surface area (Å²) in [5.74, 6) is -0.258. The van der Waals surface area contributed by atoms with Crippen LogP contribution in [0.2, 0.25) is 5.02 Å². The Kier molecular flexibility index (Phi) is 3.79. The molecule has 5 nitrogen and oxygen atoms in total. The average molecular weight is 333 g/mol. The number of thiophene rings is 1. The third-order valence-electron chi connectivity index (χ3n) is 3.04. The van der Waals surface area contributed by atoms with Crippen molar-refractivity contribution < 1.29 is 9.72 Å². The molecule has 1 amide bonds. The Morgan fingerprint density at radius 3 is 2.55 bits per heavy atom. The van der Waals surface area contributed by atoms with E-state index in [0.717, 1.165) is 4.70 Å². The number of nitro benzene ring substituents is 1. The maximum atomic E-state index is 12.2. The molecule has 0 aliphatic heterocycles. The standard InChI is InChI=1S/C15H9ClN2O3S/c16-10-1-3-11(4-2-10)17-15(19)14-8-9-7-12(18(20)21)5-6-13(9)22-14/h1-8H,(H,17,19). The molecule has 0 fully saturated rings. The third-order valence-corrected chi connectivity index (χ3v) is 4.40. The number of fused-ring (bicyclic) bond motifs is 1. The summed E-state index contributed by atoms with van der Waals surface area (Å²) in [4.78, 5) is 23.0. The molecule has 3 rings (SSSR count). The zero-order valence-corrected chi connectivity index (χ0v) is 12.6. The number of nitrogens with zero attached hydrogens (tertiary/aromatic N) is 1. The van der Waals surface area contributed by atoms with Gasteiger partial charge < -0.3 is 5.32 Å². The number of benzene rings is 2. The van der Waals surface area contributed by atoms with Crippen LogP contribution in [0.5, 0.6) is 0 Å². The molecule has 1 N–H and O–H groups in total. The lowest BCUT2D eigenvalue weighted by atomic mass is 10.2. The fourth-order valence-electron chi connectivity index (χ4n) is 1.98. The van der Waals surface area contributed by atoms with E-state index in [0.29, 0.717) is 21.0 Å². The minimum atomic E-state index is -0.454. The predicted octanol–water partition coefficient (Wildman–Crippen LogP) is 4.72. The Morgan fingerprint density at radius 2 is 1.86 bits per heavy atom. The molecule has 0 unspecified atom stereocenters. The molecule has 1 aromatic heterocycles. The van der Waals surface area contributed by atoms with Crippen LogP contribution in [-0.2, 0) is 0 Å². The number of hydrogen-bond donors (Lipinski definition) is 1. The van der Waals surface area contributed by atoms with Crippen LogP contribution in [0, 0.1) is 10.1 Å². The molecule has 0 bridgehead atoms. The summed E-state index contributed by atoms with van der Waals surface area (Å²) in [6.07, 6.45) is 0. The smallest absolute Gasteiger partial charge is 0.270 e. The second-order valence-corrected chi connectivity index (χ2v) is 6.07. The molecule has 22 heavy (non-hydrogen) atoms. The summed E-state index contributed by atoms with van der Waals surface area (Å²) in [5, 5.41) is 14.8. The Balaban J connectivity index is 1.87. The van der Waals surface area contributed by atoms with Crippen molar-refractivity contribution in [2.24, 2.45) is 0 Å². The number of anilines is 1. The fourth-order valence-corrected chi connectivity index (χ4v) is 3.05. The van der Waals surface area contributed by atoms with Crippen LogP contribution in [0.1, 0.15) is 9.67 Å². The molecule has 0 aliphatic rings. The topological polar surface area (TPSA) is 72.2 Å². The van der Waals surface area contributed by atoms with E-state index in [9.17, 15) is 14.9 Å². The zero-order valence-electron chi connectivity index (χ0n) is 11.1. The van der Waals surface area contributed by atoms with Crippen molar-refractivity contribution >= 4 is 50.3 Å². The summed E-state index contributed by atoms with van der Waals surface area (Å²) in [5.41, 5.74) is 0.646. The first-order valence-electron chi connectivity index (χ1n) is 6.28. The molecule has 7 heteroatoms. The van der Waals surface area contributed by atoms with Gasteiger partial charge in [-0.2, -0.15) is 0 Å². The van der Waals surface area contributed by atoms with Crippen molar-refractivity contribution in [1.29, 1.82) is 0 Å². The molecular weight excluding hydrogens is 324 g/mol. The molecule has 3 aromatic rings. The molecule has 1 heterocycles. The number of nitrogens with one attached hydrogen (secondary N) is 1. The van der Waals surface area contributed by atoms with E-state index >= 15 is 0 Å². The van der Waals surface area contributed by atoms with Crippen LogP contribution in [-0.4, -0.2) is 10.8 Å². The maximum Gasteiger partial charge on any atom is 0.270 e. The van der Waals surface area contributed by atoms with Crippen molar-refractivity contribution in [3.63, 3.8) is 0 Å². The van der Waals surface area contributed by atoms with Crippen LogP contribution < -0.4 is 5.32 Å². The Morgan fingerprint density at radius 1 is 1.14 bits per heavy atom. The number of hydrogen-bond acceptors (Lipinski definition) is 4. The van der Waals surface area contributed by atoms with Gasteiger partial charge in [-0.05, 0) is 36.4 Å². The van der Waals surface area contributed by atoms with Crippen LogP contribution in [0.15, 0.2) is 48.5 Å². The number of carbonyl (C=O) groups is 1. The first kappa shape index (κ1) is 14.5. The molecule has 0 spiro atoms. The van der Waals surface area contributed by atoms with Crippen molar-refractivity contribution in [3.8, 4) is 0 Å².